The van der Waals surface area contributed by atoms with Gasteiger partial charge in [-0.15, -0.1) is 0 Å². The van der Waals surface area contributed by atoms with Gasteiger partial charge in [-0.25, -0.2) is 4.98 Å². The Hall–Kier alpha value is -1.81. The Morgan fingerprint density at radius 2 is 2.24 bits per heavy atom. The van der Waals surface area contributed by atoms with Crippen molar-refractivity contribution in [3.63, 3.8) is 0 Å². The summed E-state index contributed by atoms with van der Waals surface area (Å²) in [6.45, 7) is 2.89. The molecule has 0 saturated carbocycles. The number of anilines is 1. The van der Waals surface area contributed by atoms with E-state index in [2.05, 4.69) is 22.2 Å². The lowest BCUT2D eigenvalue weighted by atomic mass is 10.1. The summed E-state index contributed by atoms with van der Waals surface area (Å²) < 4.78 is 0. The van der Waals surface area contributed by atoms with Crippen molar-refractivity contribution in [2.75, 3.05) is 5.73 Å². The third-order valence-corrected chi connectivity index (χ3v) is 2.85. The van der Waals surface area contributed by atoms with Gasteiger partial charge in [0.2, 0.25) is 0 Å². The Balaban J connectivity index is 2.00. The van der Waals surface area contributed by atoms with Crippen molar-refractivity contribution in [1.82, 2.24) is 15.3 Å². The average Bonchev–Trinajstić information content (AvgIpc) is 2.86. The van der Waals surface area contributed by atoms with Gasteiger partial charge in [0.25, 0.3) is 0 Å². The number of H-pyrrole nitrogens is 1. The second-order valence-corrected chi connectivity index (χ2v) is 4.01. The largest absolute Gasteiger partial charge is 0.398 e. The van der Waals surface area contributed by atoms with Crippen LogP contribution in [-0.4, -0.2) is 9.97 Å². The number of nitrogens with two attached hydrogens (primary N) is 1. The summed E-state index contributed by atoms with van der Waals surface area (Å²) >= 11 is 0. The van der Waals surface area contributed by atoms with Gasteiger partial charge in [-0.1, -0.05) is 25.1 Å². The number of hydrogen-bond donors (Lipinski definition) is 3. The zero-order valence-corrected chi connectivity index (χ0v) is 9.98. The Morgan fingerprint density at radius 1 is 1.41 bits per heavy atom. The van der Waals surface area contributed by atoms with Crippen molar-refractivity contribution in [2.45, 2.75) is 25.9 Å². The summed E-state index contributed by atoms with van der Waals surface area (Å²) in [4.78, 5) is 7.41. The van der Waals surface area contributed by atoms with E-state index in [1.54, 1.807) is 6.20 Å². The zero-order valence-electron chi connectivity index (χ0n) is 9.98. The number of hydrogen-bond acceptors (Lipinski definition) is 3. The van der Waals surface area contributed by atoms with Crippen molar-refractivity contribution in [2.24, 2.45) is 0 Å². The van der Waals surface area contributed by atoms with E-state index >= 15 is 0 Å². The van der Waals surface area contributed by atoms with E-state index in [0.717, 1.165) is 30.0 Å². The number of para-hydroxylation sites is 1. The molecule has 0 aliphatic heterocycles. The zero-order chi connectivity index (χ0) is 12.1. The van der Waals surface area contributed by atoms with Crippen LogP contribution in [0, 0.1) is 0 Å². The molecule has 0 fully saturated rings. The van der Waals surface area contributed by atoms with Gasteiger partial charge in [0.05, 0.1) is 6.04 Å². The van der Waals surface area contributed by atoms with Crippen molar-refractivity contribution in [1.29, 1.82) is 0 Å². The van der Waals surface area contributed by atoms with E-state index < -0.39 is 0 Å². The van der Waals surface area contributed by atoms with Crippen LogP contribution in [0.4, 0.5) is 5.69 Å². The first-order valence-electron chi connectivity index (χ1n) is 5.87. The first-order chi connectivity index (χ1) is 8.31. The van der Waals surface area contributed by atoms with Crippen LogP contribution in [0.3, 0.4) is 0 Å². The van der Waals surface area contributed by atoms with Gasteiger partial charge < -0.3 is 16.0 Å². The minimum absolute atomic E-state index is 0.240. The smallest absolute Gasteiger partial charge is 0.123 e. The van der Waals surface area contributed by atoms with Crippen LogP contribution < -0.4 is 11.1 Å². The minimum Gasteiger partial charge on any atom is -0.398 e. The van der Waals surface area contributed by atoms with Crippen molar-refractivity contribution >= 4 is 5.69 Å². The third kappa shape index (κ3) is 2.85. The van der Waals surface area contributed by atoms with Gasteiger partial charge in [-0.3, -0.25) is 0 Å². The molecule has 2 aromatic rings. The molecule has 0 amide bonds. The van der Waals surface area contributed by atoms with E-state index in [9.17, 15) is 0 Å². The second kappa shape index (κ2) is 5.50. The molecular weight excluding hydrogens is 212 g/mol. The summed E-state index contributed by atoms with van der Waals surface area (Å²) in [5.41, 5.74) is 7.85. The third-order valence-electron chi connectivity index (χ3n) is 2.85. The summed E-state index contributed by atoms with van der Waals surface area (Å²) in [6.07, 6.45) is 4.60. The lowest BCUT2D eigenvalue weighted by molar-refractivity contribution is 0.498. The Labute approximate surface area is 101 Å². The first kappa shape index (κ1) is 11.7. The van der Waals surface area contributed by atoms with Gasteiger partial charge in [0.15, 0.2) is 0 Å². The molecule has 1 atom stereocenters. The minimum atomic E-state index is 0.240. The highest BCUT2D eigenvalue weighted by atomic mass is 15.0. The normalized spacial score (nSPS) is 12.5. The van der Waals surface area contributed by atoms with Crippen LogP contribution in [0.2, 0.25) is 0 Å². The standard InChI is InChI=1S/C13H18N4/c1-2-12(13-15-7-8-16-13)17-9-10-5-3-4-6-11(10)14/h3-8,12,17H,2,9,14H2,1H3,(H,15,16). The SMILES string of the molecule is CCC(NCc1ccccc1N)c1ncc[nH]1. The number of imidazole rings is 1. The molecule has 0 radical (unpaired) electrons. The molecule has 90 valence electrons. The molecule has 0 aliphatic carbocycles. The maximum absolute atomic E-state index is 5.90. The molecule has 0 spiro atoms. The van der Waals surface area contributed by atoms with E-state index in [0.29, 0.717) is 0 Å². The lowest BCUT2D eigenvalue weighted by Crippen LogP contribution is -2.21. The highest BCUT2D eigenvalue weighted by molar-refractivity contribution is 5.46. The van der Waals surface area contributed by atoms with Crippen LogP contribution in [0.15, 0.2) is 36.7 Å². The number of nitrogens with one attached hydrogen (secondary N) is 2. The van der Waals surface area contributed by atoms with E-state index in [-0.39, 0.29) is 6.04 Å². The molecule has 17 heavy (non-hydrogen) atoms. The van der Waals surface area contributed by atoms with Crippen LogP contribution in [0.5, 0.6) is 0 Å². The quantitative estimate of drug-likeness (QED) is 0.690. The van der Waals surface area contributed by atoms with Gasteiger partial charge in [-0.05, 0) is 18.1 Å². The Morgan fingerprint density at radius 3 is 2.88 bits per heavy atom. The highest BCUT2D eigenvalue weighted by Gasteiger charge is 2.10. The van der Waals surface area contributed by atoms with Gasteiger partial charge in [0.1, 0.15) is 5.82 Å². The Bertz CT molecular complexity index is 450. The molecule has 2 rings (SSSR count). The fourth-order valence-corrected chi connectivity index (χ4v) is 1.83. The molecular formula is C13H18N4. The highest BCUT2D eigenvalue weighted by Crippen LogP contribution is 2.15. The lowest BCUT2D eigenvalue weighted by Gasteiger charge is -2.15. The summed E-state index contributed by atoms with van der Waals surface area (Å²) in [6, 6.07) is 8.15. The van der Waals surface area contributed by atoms with Crippen molar-refractivity contribution in [3.8, 4) is 0 Å². The molecule has 1 aromatic carbocycles. The van der Waals surface area contributed by atoms with Crippen LogP contribution >= 0.6 is 0 Å². The van der Waals surface area contributed by atoms with E-state index in [1.165, 1.54) is 0 Å². The molecule has 1 aromatic heterocycles. The van der Waals surface area contributed by atoms with Crippen LogP contribution in [0.25, 0.3) is 0 Å². The molecule has 0 aliphatic rings. The van der Waals surface area contributed by atoms with E-state index in [4.69, 9.17) is 5.73 Å². The van der Waals surface area contributed by atoms with Crippen LogP contribution in [-0.2, 0) is 6.54 Å². The summed E-state index contributed by atoms with van der Waals surface area (Å²) in [7, 11) is 0. The molecule has 0 bridgehead atoms. The number of benzene rings is 1. The molecule has 0 saturated heterocycles. The number of aromatic nitrogens is 2. The average molecular weight is 230 g/mol. The fourth-order valence-electron chi connectivity index (χ4n) is 1.83. The predicted molar refractivity (Wildman–Crippen MR) is 69.3 cm³/mol. The molecule has 4 nitrogen and oxygen atoms in total. The molecule has 1 heterocycles. The number of aromatic amines is 1. The summed E-state index contributed by atoms with van der Waals surface area (Å²) in [5.74, 6) is 0.974. The topological polar surface area (TPSA) is 66.7 Å². The Kier molecular flexibility index (Phi) is 3.77. The summed E-state index contributed by atoms with van der Waals surface area (Å²) in [5, 5.41) is 3.46. The van der Waals surface area contributed by atoms with Crippen molar-refractivity contribution in [3.05, 3.63) is 48.0 Å². The van der Waals surface area contributed by atoms with E-state index in [1.807, 2.05) is 30.5 Å². The number of nitrogens with zero attached hydrogens (tertiary/aromatic N) is 1. The van der Waals surface area contributed by atoms with Gasteiger partial charge >= 0.3 is 0 Å². The maximum Gasteiger partial charge on any atom is 0.123 e. The maximum atomic E-state index is 5.90. The number of nitrogen functional groups attached to an aromatic ring is 1. The molecule has 4 N–H and O–H groups in total. The van der Waals surface area contributed by atoms with Crippen LogP contribution in [0.1, 0.15) is 30.8 Å². The fraction of sp³-hybridized carbons (Fsp3) is 0.308. The predicted octanol–water partition coefficient (Wildman–Crippen LogP) is 2.23. The molecule has 1 unspecified atom stereocenters. The monoisotopic (exact) mass is 230 g/mol. The van der Waals surface area contributed by atoms with Gasteiger partial charge in [0, 0.05) is 24.6 Å². The first-order valence-corrected chi connectivity index (χ1v) is 5.87. The molecule has 4 heteroatoms. The van der Waals surface area contributed by atoms with Gasteiger partial charge in [-0.2, -0.15) is 0 Å². The second-order valence-electron chi connectivity index (χ2n) is 4.01. The van der Waals surface area contributed by atoms with Crippen molar-refractivity contribution < 1.29 is 0 Å². The number of rotatable bonds is 5.